The molecule has 1 N–H and O–H groups in total. The molecular weight excluding hydrogens is 192 g/mol. The Morgan fingerprint density at radius 3 is 2.64 bits per heavy atom. The smallest absolute Gasteiger partial charge is 0.0752 e. The Morgan fingerprint density at radius 2 is 2.07 bits per heavy atom. The molecule has 1 rings (SSSR count). The Balaban J connectivity index is 2.50. The van der Waals surface area contributed by atoms with Gasteiger partial charge in [-0.1, -0.05) is 13.8 Å². The maximum Gasteiger partial charge on any atom is 0.0752 e. The Morgan fingerprint density at radius 1 is 1.36 bits per heavy atom. The van der Waals surface area contributed by atoms with Gasteiger partial charge in [-0.05, 0) is 30.9 Å². The third-order valence-corrected chi connectivity index (χ3v) is 4.29. The van der Waals surface area contributed by atoms with Crippen molar-refractivity contribution >= 4 is 11.8 Å². The van der Waals surface area contributed by atoms with Crippen LogP contribution in [0.2, 0.25) is 0 Å². The van der Waals surface area contributed by atoms with Crippen LogP contribution in [0.4, 0.5) is 0 Å². The molecule has 1 atom stereocenters. The Hall–Kier alpha value is -0.130. The lowest BCUT2D eigenvalue weighted by atomic mass is 9.80. The van der Waals surface area contributed by atoms with Gasteiger partial charge in [0, 0.05) is 12.2 Å². The molecule has 0 aromatic heterocycles. The molecule has 0 amide bonds. The van der Waals surface area contributed by atoms with Gasteiger partial charge in [-0.3, -0.25) is 0 Å². The predicted octanol–water partition coefficient (Wildman–Crippen LogP) is 2.68. The van der Waals surface area contributed by atoms with Gasteiger partial charge in [0.05, 0.1) is 5.60 Å². The van der Waals surface area contributed by atoms with Crippen LogP contribution in [0, 0.1) is 17.3 Å². The van der Waals surface area contributed by atoms with Gasteiger partial charge in [0.15, 0.2) is 0 Å². The average Bonchev–Trinajstić information content (AvgIpc) is 2.01. The minimum Gasteiger partial charge on any atom is -0.389 e. The summed E-state index contributed by atoms with van der Waals surface area (Å²) >= 11 is 1.87. The number of hydrogen-bond donors (Lipinski definition) is 1. The first-order valence-corrected chi connectivity index (χ1v) is 6.33. The van der Waals surface area contributed by atoms with E-state index in [0.29, 0.717) is 0 Å². The van der Waals surface area contributed by atoms with Crippen LogP contribution < -0.4 is 0 Å². The molecule has 0 spiro atoms. The molecule has 1 unspecified atom stereocenters. The molecule has 0 saturated carbocycles. The Labute approximate surface area is 91.7 Å². The summed E-state index contributed by atoms with van der Waals surface area (Å²) in [7, 11) is 0. The molecule has 1 aliphatic heterocycles. The average molecular weight is 212 g/mol. The summed E-state index contributed by atoms with van der Waals surface area (Å²) in [4.78, 5) is 0. The summed E-state index contributed by atoms with van der Waals surface area (Å²) in [5.41, 5.74) is -0.201. The summed E-state index contributed by atoms with van der Waals surface area (Å²) in [5, 5.41) is 10.3. The van der Waals surface area contributed by atoms with E-state index in [0.717, 1.165) is 30.8 Å². The molecule has 1 heterocycles. The van der Waals surface area contributed by atoms with E-state index in [9.17, 15) is 5.11 Å². The largest absolute Gasteiger partial charge is 0.389 e. The van der Waals surface area contributed by atoms with Gasteiger partial charge in [0.1, 0.15) is 0 Å². The van der Waals surface area contributed by atoms with Crippen molar-refractivity contribution in [1.82, 2.24) is 0 Å². The molecule has 0 aliphatic carbocycles. The van der Waals surface area contributed by atoms with Crippen molar-refractivity contribution in [2.75, 3.05) is 11.5 Å². The zero-order valence-electron chi connectivity index (χ0n) is 9.39. The molecule has 1 nitrogen and oxygen atoms in total. The third-order valence-electron chi connectivity index (χ3n) is 2.56. The summed E-state index contributed by atoms with van der Waals surface area (Å²) in [5.74, 6) is 7.94. The molecule has 0 radical (unpaired) electrons. The zero-order chi connectivity index (χ0) is 10.7. The standard InChI is InChI=1S/C12H20OS/c1-4-5-6-7-12(13)8-11(2,3)9-14-10-12/h13H,6-10H2,1-3H3. The predicted molar refractivity (Wildman–Crippen MR) is 63.4 cm³/mol. The molecule has 1 fully saturated rings. The van der Waals surface area contributed by atoms with Gasteiger partial charge >= 0.3 is 0 Å². The fourth-order valence-electron chi connectivity index (χ4n) is 2.09. The van der Waals surface area contributed by atoms with Gasteiger partial charge in [0.2, 0.25) is 0 Å². The lowest BCUT2D eigenvalue weighted by Crippen LogP contribution is -2.42. The van der Waals surface area contributed by atoms with Crippen LogP contribution in [0.15, 0.2) is 0 Å². The second-order valence-electron chi connectivity index (χ2n) is 4.98. The van der Waals surface area contributed by atoms with Gasteiger partial charge < -0.3 is 5.11 Å². The Kier molecular flexibility index (Phi) is 3.92. The van der Waals surface area contributed by atoms with E-state index in [2.05, 4.69) is 25.7 Å². The van der Waals surface area contributed by atoms with Crippen molar-refractivity contribution in [2.45, 2.75) is 45.6 Å². The zero-order valence-corrected chi connectivity index (χ0v) is 10.2. The summed E-state index contributed by atoms with van der Waals surface area (Å²) in [6.45, 7) is 6.31. The van der Waals surface area contributed by atoms with Crippen LogP contribution in [0.25, 0.3) is 0 Å². The summed E-state index contributed by atoms with van der Waals surface area (Å²) in [6, 6.07) is 0. The van der Waals surface area contributed by atoms with E-state index in [4.69, 9.17) is 0 Å². The van der Waals surface area contributed by atoms with E-state index < -0.39 is 5.60 Å². The normalized spacial score (nSPS) is 30.6. The molecule has 1 aliphatic rings. The number of thioether (sulfide) groups is 1. The summed E-state index contributed by atoms with van der Waals surface area (Å²) < 4.78 is 0. The lowest BCUT2D eigenvalue weighted by Gasteiger charge is -2.40. The van der Waals surface area contributed by atoms with Crippen molar-refractivity contribution in [2.24, 2.45) is 5.41 Å². The first-order chi connectivity index (χ1) is 6.47. The minimum atomic E-state index is -0.476. The van der Waals surface area contributed by atoms with Crippen molar-refractivity contribution in [3.8, 4) is 11.8 Å². The highest BCUT2D eigenvalue weighted by Crippen LogP contribution is 2.40. The topological polar surface area (TPSA) is 20.2 Å². The van der Waals surface area contributed by atoms with Crippen molar-refractivity contribution < 1.29 is 5.11 Å². The third kappa shape index (κ3) is 3.55. The molecule has 0 bridgehead atoms. The first kappa shape index (κ1) is 11.9. The van der Waals surface area contributed by atoms with Gasteiger partial charge in [0.25, 0.3) is 0 Å². The minimum absolute atomic E-state index is 0.275. The van der Waals surface area contributed by atoms with E-state index in [1.807, 2.05) is 18.7 Å². The number of hydrogen-bond acceptors (Lipinski definition) is 2. The van der Waals surface area contributed by atoms with Gasteiger partial charge in [-0.25, -0.2) is 0 Å². The Bertz CT molecular complexity index is 249. The highest BCUT2D eigenvalue weighted by molar-refractivity contribution is 7.99. The van der Waals surface area contributed by atoms with Crippen LogP contribution in [0.1, 0.15) is 40.0 Å². The van der Waals surface area contributed by atoms with Crippen LogP contribution in [-0.2, 0) is 0 Å². The summed E-state index contributed by atoms with van der Waals surface area (Å²) in [6.07, 6.45) is 2.56. The molecule has 0 aromatic rings. The van der Waals surface area contributed by atoms with Crippen molar-refractivity contribution in [3.63, 3.8) is 0 Å². The van der Waals surface area contributed by atoms with E-state index in [1.165, 1.54) is 0 Å². The van der Waals surface area contributed by atoms with Crippen LogP contribution in [-0.4, -0.2) is 22.2 Å². The SMILES string of the molecule is CC#CCCC1(O)CSCC(C)(C)C1. The maximum atomic E-state index is 10.3. The van der Waals surface area contributed by atoms with Crippen LogP contribution >= 0.6 is 11.8 Å². The van der Waals surface area contributed by atoms with E-state index in [-0.39, 0.29) is 5.41 Å². The van der Waals surface area contributed by atoms with Crippen molar-refractivity contribution in [1.29, 1.82) is 0 Å². The van der Waals surface area contributed by atoms with Crippen molar-refractivity contribution in [3.05, 3.63) is 0 Å². The second kappa shape index (κ2) is 4.59. The fraction of sp³-hybridized carbons (Fsp3) is 0.833. The molecule has 80 valence electrons. The maximum absolute atomic E-state index is 10.3. The second-order valence-corrected chi connectivity index (χ2v) is 5.97. The first-order valence-electron chi connectivity index (χ1n) is 5.17. The molecule has 14 heavy (non-hydrogen) atoms. The molecule has 0 aromatic carbocycles. The van der Waals surface area contributed by atoms with E-state index in [1.54, 1.807) is 0 Å². The monoisotopic (exact) mass is 212 g/mol. The molecule has 1 saturated heterocycles. The van der Waals surface area contributed by atoms with Gasteiger partial charge in [-0.15, -0.1) is 11.8 Å². The molecule has 2 heteroatoms. The number of aliphatic hydroxyl groups is 1. The number of rotatable bonds is 2. The van der Waals surface area contributed by atoms with Crippen LogP contribution in [0.5, 0.6) is 0 Å². The van der Waals surface area contributed by atoms with Crippen LogP contribution in [0.3, 0.4) is 0 Å². The fourth-order valence-corrected chi connectivity index (χ4v) is 3.47. The molecular formula is C12H20OS. The van der Waals surface area contributed by atoms with E-state index >= 15 is 0 Å². The highest BCUT2D eigenvalue weighted by atomic mass is 32.2. The van der Waals surface area contributed by atoms with Gasteiger partial charge in [-0.2, -0.15) is 11.8 Å². The lowest BCUT2D eigenvalue weighted by molar-refractivity contribution is 0.0133. The highest BCUT2D eigenvalue weighted by Gasteiger charge is 2.38. The quantitative estimate of drug-likeness (QED) is 0.710.